The van der Waals surface area contributed by atoms with Gasteiger partial charge in [-0.1, -0.05) is 78.3 Å². The van der Waals surface area contributed by atoms with Crippen LogP contribution in [-0.2, 0) is 63.9 Å². The second kappa shape index (κ2) is 34.0. The number of unbranched alkanes of at least 4 members (excludes halogenated alkanes) is 2. The largest absolute Gasteiger partial charge is 0.509 e. The number of hydrogen-bond acceptors (Lipinski definition) is 24. The minimum atomic E-state index is -2.08. The van der Waals surface area contributed by atoms with Gasteiger partial charge >= 0.3 is 23.9 Å². The van der Waals surface area contributed by atoms with Crippen LogP contribution in [0.15, 0.2) is 98.7 Å². The Bertz CT molecular complexity index is 4540. The molecule has 1 fully saturated rings. The molecule has 10 N–H and O–H groups in total. The molecular formula is C76H92N8O22. The van der Waals surface area contributed by atoms with E-state index >= 15 is 4.79 Å². The molecule has 30 nitrogen and oxygen atoms in total. The summed E-state index contributed by atoms with van der Waals surface area (Å²) in [5.41, 5.74) is 3.23. The molecule has 0 spiro atoms. The SMILES string of the molecule is CO[C@H]1/C=C/O[C@@]2(C)Oc3c(C)c(O)c4c(=O)c(c5oc6cc(N7CC(OC(=O)OCc8ccc(NC(=O)[C@H](CCCNC(N)=O)CC(=O)[C@@H](NC(=O)CCCCCN9C(=O)C=CC9=O)C(C)C)cc8)C7)cc(=O)c6nc5c4c3=C2O)NC(=O)/C(C)=C\C=C\[C@H](C)[C@H](O)[C@@H](C)[C@@H](O)[C@@H](C)[C@H](OC(C)=O)[C@@H]1C. The van der Waals surface area contributed by atoms with Gasteiger partial charge in [0.15, 0.2) is 28.2 Å². The number of imide groups is 1. The fraction of sp³-hybridized carbons (Fsp3) is 0.474. The third-order valence-electron chi connectivity index (χ3n) is 19.8. The van der Waals surface area contributed by atoms with Crippen LogP contribution in [0.4, 0.5) is 26.7 Å². The van der Waals surface area contributed by atoms with Crippen molar-refractivity contribution in [1.29, 1.82) is 0 Å². The van der Waals surface area contributed by atoms with E-state index in [1.54, 1.807) is 76.8 Å². The number of aromatic nitrogens is 1. The molecule has 30 heteroatoms. The van der Waals surface area contributed by atoms with E-state index in [0.29, 0.717) is 42.6 Å². The Morgan fingerprint density at radius 3 is 2.22 bits per heavy atom. The summed E-state index contributed by atoms with van der Waals surface area (Å²) in [6.45, 7) is 16.1. The number of benzene rings is 4. The molecule has 0 unspecified atom stereocenters. The Labute approximate surface area is 609 Å². The van der Waals surface area contributed by atoms with E-state index in [-0.39, 0.29) is 131 Å². The number of carbonyl (C=O) groups is 9. The van der Waals surface area contributed by atoms with Crippen molar-refractivity contribution in [3.63, 3.8) is 0 Å². The molecule has 4 aromatic carbocycles. The molecule has 0 aliphatic carbocycles. The fourth-order valence-electron chi connectivity index (χ4n) is 13.5. The van der Waals surface area contributed by atoms with Crippen LogP contribution in [0.1, 0.15) is 118 Å². The van der Waals surface area contributed by atoms with Gasteiger partial charge in [-0.05, 0) is 69.2 Å². The Kier molecular flexibility index (Phi) is 25.5. The number of nitrogens with one attached hydrogen (secondary N) is 4. The van der Waals surface area contributed by atoms with Gasteiger partial charge in [-0.3, -0.25) is 48.1 Å². The molecule has 4 aliphatic heterocycles. The lowest BCUT2D eigenvalue weighted by Crippen LogP contribution is -2.53. The second-order valence-corrected chi connectivity index (χ2v) is 28.0. The molecule has 106 heavy (non-hydrogen) atoms. The number of amides is 7. The average molecular weight is 1470 g/mol. The van der Waals surface area contributed by atoms with Crippen LogP contribution >= 0.6 is 0 Å². The number of aromatic hydroxyl groups is 1. The fourth-order valence-corrected chi connectivity index (χ4v) is 13.5. The molecule has 1 aromatic heterocycles. The zero-order valence-electron chi connectivity index (χ0n) is 61.0. The number of aliphatic hydroxyl groups excluding tert-OH is 3. The number of ether oxygens (including phenoxy) is 6. The number of carbonyl (C=O) groups excluding carboxylic acids is 9. The minimum Gasteiger partial charge on any atom is -0.507 e. The van der Waals surface area contributed by atoms with Crippen molar-refractivity contribution in [3.05, 3.63) is 121 Å². The number of nitrogens with two attached hydrogens (primary N) is 1. The molecule has 9 rings (SSSR count). The molecule has 5 aromatic rings. The molecule has 0 saturated carbocycles. The van der Waals surface area contributed by atoms with Crippen LogP contribution in [0, 0.1) is 42.4 Å². The van der Waals surface area contributed by atoms with Crippen LogP contribution in [0.2, 0.25) is 0 Å². The lowest BCUT2D eigenvalue weighted by molar-refractivity contribution is -0.160. The van der Waals surface area contributed by atoms with Crippen molar-refractivity contribution >= 4 is 109 Å². The van der Waals surface area contributed by atoms with E-state index in [1.807, 2.05) is 0 Å². The molecule has 11 atom stereocenters. The molecule has 5 heterocycles. The zero-order valence-corrected chi connectivity index (χ0v) is 61.0. The van der Waals surface area contributed by atoms with Crippen molar-refractivity contribution in [2.24, 2.45) is 41.2 Å². The van der Waals surface area contributed by atoms with Crippen LogP contribution in [0.25, 0.3) is 38.7 Å². The van der Waals surface area contributed by atoms with E-state index in [2.05, 4.69) is 21.3 Å². The number of ketones is 1. The number of hydrogen-bond donors (Lipinski definition) is 9. The number of fused-ring (bicyclic) bond motifs is 2. The Hall–Kier alpha value is -10.7. The number of urea groups is 1. The smallest absolute Gasteiger partial charge is 0.507 e. The van der Waals surface area contributed by atoms with E-state index in [9.17, 15) is 68.4 Å². The highest BCUT2D eigenvalue weighted by Gasteiger charge is 2.45. The first-order valence-corrected chi connectivity index (χ1v) is 35.2. The maximum Gasteiger partial charge on any atom is 0.509 e. The number of aliphatic hydroxyl groups is 3. The predicted molar refractivity (Wildman–Crippen MR) is 388 cm³/mol. The Morgan fingerprint density at radius 2 is 1.56 bits per heavy atom. The summed E-state index contributed by atoms with van der Waals surface area (Å²) in [6, 6.07) is 7.42. The molecule has 1 saturated heterocycles. The highest BCUT2D eigenvalue weighted by atomic mass is 16.7. The molecule has 4 aliphatic rings. The first-order valence-electron chi connectivity index (χ1n) is 35.2. The van der Waals surface area contributed by atoms with Gasteiger partial charge in [-0.2, -0.15) is 0 Å². The number of esters is 1. The summed E-state index contributed by atoms with van der Waals surface area (Å²) >= 11 is 0. The minimum absolute atomic E-state index is 0.0219. The van der Waals surface area contributed by atoms with Gasteiger partial charge in [0, 0.05) is 129 Å². The lowest BCUT2D eigenvalue weighted by Gasteiger charge is -2.39. The summed E-state index contributed by atoms with van der Waals surface area (Å²) in [4.78, 5) is 153. The first-order chi connectivity index (χ1) is 50.2. The third kappa shape index (κ3) is 18.0. The van der Waals surface area contributed by atoms with Crippen LogP contribution in [0.3, 0.4) is 0 Å². The molecular weight excluding hydrogens is 1380 g/mol. The molecule has 4 bridgehead atoms. The van der Waals surface area contributed by atoms with Gasteiger partial charge in [0.05, 0.1) is 54.3 Å². The van der Waals surface area contributed by atoms with Gasteiger partial charge in [0.1, 0.15) is 41.5 Å². The van der Waals surface area contributed by atoms with Crippen LogP contribution < -0.4 is 52.7 Å². The van der Waals surface area contributed by atoms with Gasteiger partial charge in [-0.15, -0.1) is 0 Å². The Balaban J connectivity index is 0.899. The summed E-state index contributed by atoms with van der Waals surface area (Å²) in [6.07, 6.45) is 5.58. The summed E-state index contributed by atoms with van der Waals surface area (Å²) in [5, 5.41) is 57.5. The van der Waals surface area contributed by atoms with E-state index < -0.39 is 135 Å². The number of methoxy groups -OCH3 is 1. The number of primary amides is 1. The van der Waals surface area contributed by atoms with Crippen LogP contribution in [0.5, 0.6) is 11.5 Å². The predicted octanol–water partition coefficient (Wildman–Crippen LogP) is 6.69. The number of nitrogens with zero attached hydrogens (tertiary/aromatic N) is 3. The van der Waals surface area contributed by atoms with Crippen LogP contribution in [-0.4, -0.2) is 159 Å². The van der Waals surface area contributed by atoms with E-state index in [0.717, 1.165) is 4.90 Å². The molecule has 568 valence electrons. The first kappa shape index (κ1) is 79.4. The van der Waals surface area contributed by atoms with Crippen molar-refractivity contribution in [2.75, 3.05) is 48.8 Å². The second-order valence-electron chi connectivity index (χ2n) is 28.0. The number of allylic oxidation sites excluding steroid dienone is 2. The average Bonchev–Trinajstić information content (AvgIpc) is 1.40. The van der Waals surface area contributed by atoms with E-state index in [1.165, 1.54) is 83.6 Å². The quantitative estimate of drug-likeness (QED) is 0.0108. The van der Waals surface area contributed by atoms with Crippen molar-refractivity contribution < 1.29 is 96.4 Å². The highest BCUT2D eigenvalue weighted by Crippen LogP contribution is 2.43. The number of rotatable bonds is 23. The van der Waals surface area contributed by atoms with Gasteiger partial charge in [0.2, 0.25) is 22.7 Å². The van der Waals surface area contributed by atoms with Crippen molar-refractivity contribution in [2.45, 2.75) is 163 Å². The molecule has 0 radical (unpaired) electrons. The zero-order chi connectivity index (χ0) is 77.3. The highest BCUT2D eigenvalue weighted by molar-refractivity contribution is 6.17. The summed E-state index contributed by atoms with van der Waals surface area (Å²) < 4.78 is 41.6. The topological polar surface area (TPSA) is 431 Å². The Morgan fingerprint density at radius 1 is 0.858 bits per heavy atom. The van der Waals surface area contributed by atoms with E-state index in [4.69, 9.17) is 43.6 Å². The third-order valence-corrected chi connectivity index (χ3v) is 19.8. The summed E-state index contributed by atoms with van der Waals surface area (Å²) in [7, 11) is 1.41. The number of phenols is 1. The van der Waals surface area contributed by atoms with Crippen molar-refractivity contribution in [1.82, 2.24) is 20.5 Å². The normalized spacial score (nSPS) is 23.8. The maximum absolute atomic E-state index is 15.1. The van der Waals surface area contributed by atoms with Gasteiger partial charge in [-0.25, -0.2) is 14.6 Å². The summed E-state index contributed by atoms with van der Waals surface area (Å²) in [5.74, 6) is -10.9. The van der Waals surface area contributed by atoms with Gasteiger partial charge in [0.25, 0.3) is 17.7 Å². The maximum atomic E-state index is 15.1. The van der Waals surface area contributed by atoms with Crippen molar-refractivity contribution in [3.8, 4) is 11.5 Å². The lowest BCUT2D eigenvalue weighted by atomic mass is 9.78. The number of phenolic OH excluding ortho intramolecular Hbond substituents is 1. The number of anilines is 3. The standard InChI is InChI=1S/C76H92N8O22/c1-37(2)60(80-54(88)20-13-12-14-29-84-55(89)25-26-56(84)90)50(86)31-46(19-16-28-78-74(77)98)73(97)79-47-23-21-45(22-24-47)36-101-75(99)104-49-34-83(35-49)48-32-51(87)61-53(33-48)105-70-62(81-61)57-58-66(93)43(8)69-59(57)71(95)76(10,106-69)102-30-27-52(100-11)40(5)68(103-44(9)85)42(7)65(92)41(6)64(91)38(3)17-15-18-39(4)72(96)82-63(70)67(58)94/h15,17-18,21-27,30,32-33,37-38,40-42,46,49,52,60,64-65,68,91-93,95H,12-14,16,19-20,28-29,31,34-36H2,1-11H3,(H,79,97)(H,80,88)(H,82,96)(H3,77,78,98)/b17-15+,30-27+,39-18-/t38-,40+,41+,42+,46+,52-,60-,64-,65+,68+,76-/m0/s1. The van der Waals surface area contributed by atoms with Gasteiger partial charge < -0.3 is 85.2 Å². The molecule has 7 amide bonds. The number of Topliss-reactive ketones (excluding diaryl/α,β-unsaturated/α-hetero) is 1. The monoisotopic (exact) mass is 1470 g/mol.